The first-order valence-corrected chi connectivity index (χ1v) is 5.93. The molecule has 1 heterocycles. The third kappa shape index (κ3) is 3.20. The molecule has 2 aromatic rings. The van der Waals surface area contributed by atoms with Gasteiger partial charge >= 0.3 is 5.69 Å². The molecule has 1 aromatic heterocycles. The number of benzene rings is 1. The Morgan fingerprint density at radius 3 is 2.89 bits per heavy atom. The van der Waals surface area contributed by atoms with Crippen molar-refractivity contribution in [3.05, 3.63) is 62.9 Å². The average Bonchev–Trinajstić information content (AvgIpc) is 2.38. The van der Waals surface area contributed by atoms with Crippen molar-refractivity contribution in [2.75, 3.05) is 0 Å². The van der Waals surface area contributed by atoms with E-state index in [4.69, 9.17) is 16.3 Å². The summed E-state index contributed by atoms with van der Waals surface area (Å²) in [5.41, 5.74) is 1.43. The lowest BCUT2D eigenvalue weighted by Gasteiger charge is -2.08. The Labute approximate surface area is 115 Å². The van der Waals surface area contributed by atoms with Crippen molar-refractivity contribution in [2.45, 2.75) is 13.5 Å². The highest BCUT2D eigenvalue weighted by molar-refractivity contribution is 6.30. The molecule has 0 unspecified atom stereocenters. The fourth-order valence-electron chi connectivity index (χ4n) is 1.57. The van der Waals surface area contributed by atoms with Crippen LogP contribution in [0, 0.1) is 17.0 Å². The summed E-state index contributed by atoms with van der Waals surface area (Å²) in [6, 6.07) is 8.30. The number of hydrogen-bond donors (Lipinski definition) is 0. The van der Waals surface area contributed by atoms with Gasteiger partial charge in [-0.25, -0.2) is 4.98 Å². The van der Waals surface area contributed by atoms with Crippen LogP contribution in [0.2, 0.25) is 5.15 Å². The Morgan fingerprint density at radius 2 is 2.21 bits per heavy atom. The van der Waals surface area contributed by atoms with Crippen LogP contribution >= 0.6 is 11.6 Å². The van der Waals surface area contributed by atoms with E-state index >= 15 is 0 Å². The maximum Gasteiger partial charge on any atom is 0.311 e. The topological polar surface area (TPSA) is 65.3 Å². The number of hydrogen-bond acceptors (Lipinski definition) is 4. The number of nitrogens with zero attached hydrogens (tertiary/aromatic N) is 2. The minimum absolute atomic E-state index is 0.0555. The smallest absolute Gasteiger partial charge is 0.311 e. The molecule has 0 aliphatic rings. The molecule has 0 radical (unpaired) electrons. The number of nitro groups is 1. The van der Waals surface area contributed by atoms with Gasteiger partial charge in [-0.15, -0.1) is 0 Å². The highest BCUT2D eigenvalue weighted by atomic mass is 35.5. The quantitative estimate of drug-likeness (QED) is 0.487. The van der Waals surface area contributed by atoms with Crippen molar-refractivity contribution < 1.29 is 9.66 Å². The average molecular weight is 279 g/mol. The van der Waals surface area contributed by atoms with Gasteiger partial charge < -0.3 is 4.74 Å². The van der Waals surface area contributed by atoms with Crippen LogP contribution in [0.5, 0.6) is 5.75 Å². The number of rotatable bonds is 4. The molecule has 0 spiro atoms. The molecule has 98 valence electrons. The minimum Gasteiger partial charge on any atom is -0.482 e. The fourth-order valence-corrected chi connectivity index (χ4v) is 1.75. The zero-order valence-corrected chi connectivity index (χ0v) is 10.9. The van der Waals surface area contributed by atoms with E-state index < -0.39 is 4.92 Å². The van der Waals surface area contributed by atoms with Gasteiger partial charge in [0.2, 0.25) is 0 Å². The Morgan fingerprint density at radius 1 is 1.42 bits per heavy atom. The SMILES string of the molecule is Cc1ccc(OCc2cccnc2Cl)c([N+](=O)[O-])c1. The van der Waals surface area contributed by atoms with Gasteiger partial charge in [0.15, 0.2) is 5.75 Å². The number of pyridine rings is 1. The summed E-state index contributed by atoms with van der Waals surface area (Å²) in [6.07, 6.45) is 1.57. The molecule has 6 heteroatoms. The predicted molar refractivity (Wildman–Crippen MR) is 71.4 cm³/mol. The van der Waals surface area contributed by atoms with Crippen molar-refractivity contribution >= 4 is 17.3 Å². The predicted octanol–water partition coefficient (Wildman–Crippen LogP) is 3.53. The molecule has 0 saturated heterocycles. The van der Waals surface area contributed by atoms with Gasteiger partial charge in [-0.3, -0.25) is 10.1 Å². The van der Waals surface area contributed by atoms with Crippen molar-refractivity contribution in [1.29, 1.82) is 0 Å². The van der Waals surface area contributed by atoms with Crippen LogP contribution in [0.15, 0.2) is 36.5 Å². The first kappa shape index (κ1) is 13.3. The standard InChI is InChI=1S/C13H11ClN2O3/c1-9-4-5-12(11(7-9)16(17)18)19-8-10-3-2-6-15-13(10)14/h2-7H,8H2,1H3. The molecule has 0 aliphatic heterocycles. The van der Waals surface area contributed by atoms with Crippen LogP contribution in [-0.2, 0) is 6.61 Å². The number of ether oxygens (including phenoxy) is 1. The maximum absolute atomic E-state index is 10.9. The Bertz CT molecular complexity index is 617. The van der Waals surface area contributed by atoms with E-state index in [2.05, 4.69) is 4.98 Å². The van der Waals surface area contributed by atoms with Crippen LogP contribution < -0.4 is 4.74 Å². The summed E-state index contributed by atoms with van der Waals surface area (Å²) in [7, 11) is 0. The molecule has 0 N–H and O–H groups in total. The molecule has 2 rings (SSSR count). The first-order valence-electron chi connectivity index (χ1n) is 5.55. The van der Waals surface area contributed by atoms with E-state index in [0.29, 0.717) is 10.7 Å². The van der Waals surface area contributed by atoms with E-state index in [1.807, 2.05) is 0 Å². The van der Waals surface area contributed by atoms with E-state index in [9.17, 15) is 10.1 Å². The molecule has 5 nitrogen and oxygen atoms in total. The maximum atomic E-state index is 10.9. The molecule has 1 aromatic carbocycles. The molecule has 0 amide bonds. The van der Waals surface area contributed by atoms with Crippen molar-refractivity contribution in [1.82, 2.24) is 4.98 Å². The van der Waals surface area contributed by atoms with Crippen molar-refractivity contribution in [2.24, 2.45) is 0 Å². The highest BCUT2D eigenvalue weighted by Crippen LogP contribution is 2.28. The number of halogens is 1. The molecule has 19 heavy (non-hydrogen) atoms. The molecule has 0 bridgehead atoms. The second-order valence-electron chi connectivity index (χ2n) is 3.97. The third-order valence-electron chi connectivity index (χ3n) is 2.53. The Balaban J connectivity index is 2.20. The lowest BCUT2D eigenvalue weighted by molar-refractivity contribution is -0.386. The van der Waals surface area contributed by atoms with Crippen LogP contribution in [0.3, 0.4) is 0 Å². The fraction of sp³-hybridized carbons (Fsp3) is 0.154. The van der Waals surface area contributed by atoms with E-state index in [-0.39, 0.29) is 18.0 Å². The zero-order chi connectivity index (χ0) is 13.8. The van der Waals surface area contributed by atoms with Crippen LogP contribution in [0.4, 0.5) is 5.69 Å². The normalized spacial score (nSPS) is 10.2. The molecular formula is C13H11ClN2O3. The molecular weight excluding hydrogens is 268 g/mol. The third-order valence-corrected chi connectivity index (χ3v) is 2.87. The van der Waals surface area contributed by atoms with E-state index in [1.165, 1.54) is 6.07 Å². The van der Waals surface area contributed by atoms with Gasteiger partial charge in [0.25, 0.3) is 0 Å². The number of aromatic nitrogens is 1. The Hall–Kier alpha value is -2.14. The molecule has 0 aliphatic carbocycles. The summed E-state index contributed by atoms with van der Waals surface area (Å²) < 4.78 is 5.45. The minimum atomic E-state index is -0.465. The van der Waals surface area contributed by atoms with Crippen LogP contribution in [0.1, 0.15) is 11.1 Å². The van der Waals surface area contributed by atoms with Gasteiger partial charge in [0.05, 0.1) is 4.92 Å². The number of aryl methyl sites for hydroxylation is 1. The van der Waals surface area contributed by atoms with Crippen LogP contribution in [-0.4, -0.2) is 9.91 Å². The lowest BCUT2D eigenvalue weighted by Crippen LogP contribution is -2.00. The second kappa shape index (κ2) is 5.67. The summed E-state index contributed by atoms with van der Waals surface area (Å²) in [5, 5.41) is 11.3. The second-order valence-corrected chi connectivity index (χ2v) is 4.33. The van der Waals surface area contributed by atoms with Crippen LogP contribution in [0.25, 0.3) is 0 Å². The van der Waals surface area contributed by atoms with Crippen molar-refractivity contribution in [3.63, 3.8) is 0 Å². The molecule has 0 saturated carbocycles. The van der Waals surface area contributed by atoms with Gasteiger partial charge in [-0.1, -0.05) is 23.7 Å². The molecule has 0 atom stereocenters. The van der Waals surface area contributed by atoms with Crippen molar-refractivity contribution in [3.8, 4) is 5.75 Å². The summed E-state index contributed by atoms with van der Waals surface area (Å²) in [4.78, 5) is 14.4. The largest absolute Gasteiger partial charge is 0.482 e. The summed E-state index contributed by atoms with van der Waals surface area (Å²) in [6.45, 7) is 1.92. The van der Waals surface area contributed by atoms with Gasteiger partial charge in [0.1, 0.15) is 11.8 Å². The first-order chi connectivity index (χ1) is 9.08. The van der Waals surface area contributed by atoms with Gasteiger partial charge in [-0.05, 0) is 24.6 Å². The lowest BCUT2D eigenvalue weighted by atomic mass is 10.2. The summed E-state index contributed by atoms with van der Waals surface area (Å²) >= 11 is 5.89. The molecule has 0 fully saturated rings. The van der Waals surface area contributed by atoms with E-state index in [1.54, 1.807) is 37.4 Å². The monoisotopic (exact) mass is 278 g/mol. The van der Waals surface area contributed by atoms with E-state index in [0.717, 1.165) is 5.56 Å². The number of nitro benzene ring substituents is 1. The van der Waals surface area contributed by atoms with Gasteiger partial charge in [0, 0.05) is 17.8 Å². The highest BCUT2D eigenvalue weighted by Gasteiger charge is 2.15. The Kier molecular flexibility index (Phi) is 3.97. The summed E-state index contributed by atoms with van der Waals surface area (Å²) in [5.74, 6) is 0.218. The van der Waals surface area contributed by atoms with Gasteiger partial charge in [-0.2, -0.15) is 0 Å². The zero-order valence-electron chi connectivity index (χ0n) is 10.2.